The van der Waals surface area contributed by atoms with Crippen molar-refractivity contribution in [1.29, 1.82) is 0 Å². The van der Waals surface area contributed by atoms with Crippen molar-refractivity contribution in [2.24, 2.45) is 0 Å². The molecule has 0 aliphatic heterocycles. The van der Waals surface area contributed by atoms with Gasteiger partial charge >= 0.3 is 27.5 Å². The van der Waals surface area contributed by atoms with E-state index in [1.54, 1.807) is 21.0 Å². The molecule has 0 aromatic carbocycles. The first-order valence-electron chi connectivity index (χ1n) is 2.64. The molecular formula is C5H13AlO3. The second-order valence-electron chi connectivity index (χ2n) is 0.813. The predicted molar refractivity (Wildman–Crippen MR) is 33.8 cm³/mol. The van der Waals surface area contributed by atoms with Crippen molar-refractivity contribution in [1.82, 2.24) is 0 Å². The Morgan fingerprint density at radius 2 is 1.22 bits per heavy atom. The first-order valence-corrected chi connectivity index (χ1v) is 3.11. The van der Waals surface area contributed by atoms with Crippen molar-refractivity contribution in [3.05, 3.63) is 0 Å². The van der Waals surface area contributed by atoms with E-state index in [-0.39, 0.29) is 13.2 Å². The Kier molecular flexibility index (Phi) is 71.4. The average molecular weight is 148 g/mol. The van der Waals surface area contributed by atoms with Gasteiger partial charge in [-0.25, -0.2) is 0 Å². The molecule has 0 aromatic heterocycles. The minimum absolute atomic E-state index is 0. The van der Waals surface area contributed by atoms with E-state index in [1.165, 1.54) is 0 Å². The van der Waals surface area contributed by atoms with Crippen molar-refractivity contribution in [3.63, 3.8) is 0 Å². The Labute approximate surface area is 65.4 Å². The number of hydrogen-bond donors (Lipinski definition) is 0. The van der Waals surface area contributed by atoms with Gasteiger partial charge in [-0.05, 0) is 0 Å². The van der Waals surface area contributed by atoms with Crippen LogP contribution in [0.1, 0.15) is 13.8 Å². The zero-order valence-electron chi connectivity index (χ0n) is 6.22. The van der Waals surface area contributed by atoms with Crippen molar-refractivity contribution in [2.75, 3.05) is 20.3 Å². The van der Waals surface area contributed by atoms with Gasteiger partial charge in [-0.15, -0.1) is 13.2 Å². The third-order valence-electron chi connectivity index (χ3n) is 0. The normalized spacial score (nSPS) is 6.11. The van der Waals surface area contributed by atoms with Gasteiger partial charge in [0.1, 0.15) is 0 Å². The molecule has 0 saturated heterocycles. The van der Waals surface area contributed by atoms with E-state index in [0.717, 1.165) is 0 Å². The second-order valence-corrected chi connectivity index (χ2v) is 1.28. The van der Waals surface area contributed by atoms with Crippen LogP contribution >= 0.6 is 0 Å². The Hall–Kier alpha value is 0.412. The molecule has 0 fully saturated rings. The minimum atomic E-state index is 0. The van der Waals surface area contributed by atoms with Crippen LogP contribution in [0.2, 0.25) is 0 Å². The molecule has 0 N–H and O–H groups in total. The Balaban J connectivity index is -0.0000000600. The van der Waals surface area contributed by atoms with Gasteiger partial charge in [0.25, 0.3) is 0 Å². The first kappa shape index (κ1) is 16.2. The van der Waals surface area contributed by atoms with Crippen LogP contribution in [0.3, 0.4) is 0 Å². The zero-order valence-corrected chi connectivity index (χ0v) is 7.37. The predicted octanol–water partition coefficient (Wildman–Crippen LogP) is -1.55. The molecule has 54 valence electrons. The van der Waals surface area contributed by atoms with Crippen LogP contribution in [0.15, 0.2) is 0 Å². The standard InChI is InChI=1S/2C2H5O.CH3O.Al/c2*1-2-3;1-2;/h2*2H2,1H3;1H3;/q3*-1;+3. The van der Waals surface area contributed by atoms with E-state index in [1.807, 2.05) is 0 Å². The fraction of sp³-hybridized carbons (Fsp3) is 1.00. The monoisotopic (exact) mass is 148 g/mol. The zero-order chi connectivity index (χ0) is 8.12. The molecule has 0 amide bonds. The maximum absolute atomic E-state index is 8.93. The summed E-state index contributed by atoms with van der Waals surface area (Å²) in [5, 5.41) is 17.9. The summed E-state index contributed by atoms with van der Waals surface area (Å²) in [6.07, 6.45) is 0. The van der Waals surface area contributed by atoms with Gasteiger partial charge in [-0.1, -0.05) is 13.8 Å². The van der Waals surface area contributed by atoms with Gasteiger partial charge in [-0.3, -0.25) is 0 Å². The molecule has 0 aliphatic rings. The average Bonchev–Trinajstić information content (AvgIpc) is 1.70. The molecule has 0 radical (unpaired) electrons. The molecule has 0 aliphatic carbocycles. The fourth-order valence-electron chi connectivity index (χ4n) is 0. The van der Waals surface area contributed by atoms with Crippen LogP contribution in [-0.2, 0) is 3.79 Å². The molecule has 0 spiro atoms. The van der Waals surface area contributed by atoms with E-state index in [9.17, 15) is 0 Å². The maximum atomic E-state index is 8.93. The second kappa shape index (κ2) is 39.7. The summed E-state index contributed by atoms with van der Waals surface area (Å²) in [4.78, 5) is 0. The summed E-state index contributed by atoms with van der Waals surface area (Å²) in [6.45, 7) is 3.14. The number of hydrogen-bond acceptors (Lipinski definition) is 3. The summed E-state index contributed by atoms with van der Waals surface area (Å²) in [5.41, 5.74) is 0. The van der Waals surface area contributed by atoms with Gasteiger partial charge in [0, 0.05) is 0 Å². The van der Waals surface area contributed by atoms with Gasteiger partial charge in [0.05, 0.1) is 0 Å². The molecule has 0 atom stereocenters. The Morgan fingerprint density at radius 3 is 1.22 bits per heavy atom. The van der Waals surface area contributed by atoms with E-state index in [0.29, 0.717) is 0 Å². The third-order valence-corrected chi connectivity index (χ3v) is 0. The molecule has 3 nitrogen and oxygen atoms in total. The molecule has 0 aromatic rings. The quantitative estimate of drug-likeness (QED) is 0.391. The van der Waals surface area contributed by atoms with Crippen molar-refractivity contribution in [2.45, 2.75) is 13.8 Å². The van der Waals surface area contributed by atoms with Crippen LogP contribution < -0.4 is 10.2 Å². The molecule has 9 heavy (non-hydrogen) atoms. The Morgan fingerprint density at radius 1 is 1.22 bits per heavy atom. The van der Waals surface area contributed by atoms with Gasteiger partial charge in [-0.2, -0.15) is 0 Å². The summed E-state index contributed by atoms with van der Waals surface area (Å²) in [7, 11) is 1.59. The first-order chi connectivity index (χ1) is 4.24. The van der Waals surface area contributed by atoms with Crippen LogP contribution in [0, 0.1) is 0 Å². The van der Waals surface area contributed by atoms with Gasteiger partial charge in [0.15, 0.2) is 0 Å². The van der Waals surface area contributed by atoms with Crippen LogP contribution in [0.4, 0.5) is 0 Å². The molecule has 0 saturated carbocycles. The van der Waals surface area contributed by atoms with Crippen molar-refractivity contribution < 1.29 is 14.0 Å². The Bertz CT molecular complexity index is 16.9. The van der Waals surface area contributed by atoms with Crippen LogP contribution in [0.5, 0.6) is 0 Å². The summed E-state index contributed by atoms with van der Waals surface area (Å²) < 4.78 is 4.17. The van der Waals surface area contributed by atoms with E-state index < -0.39 is 0 Å². The van der Waals surface area contributed by atoms with Crippen LogP contribution in [0.25, 0.3) is 0 Å². The van der Waals surface area contributed by atoms with E-state index >= 15 is 0 Å². The topological polar surface area (TPSA) is 55.3 Å². The van der Waals surface area contributed by atoms with Gasteiger partial charge < -0.3 is 10.2 Å². The van der Waals surface area contributed by atoms with Gasteiger partial charge in [0.2, 0.25) is 0 Å². The molecule has 0 rings (SSSR count). The summed E-state index contributed by atoms with van der Waals surface area (Å²) in [5.74, 6) is 0. The fourth-order valence-corrected chi connectivity index (χ4v) is 0. The van der Waals surface area contributed by atoms with Crippen molar-refractivity contribution in [3.8, 4) is 0 Å². The summed E-state index contributed by atoms with van der Waals surface area (Å²) in [6, 6.07) is 0. The molecule has 0 bridgehead atoms. The van der Waals surface area contributed by atoms with Crippen molar-refractivity contribution >= 4 is 16.6 Å². The SMILES string of the molecule is CC[O-].CC[O-].C[O][Al+2]. The molecule has 0 heterocycles. The van der Waals surface area contributed by atoms with E-state index in [4.69, 9.17) is 10.2 Å². The van der Waals surface area contributed by atoms with Crippen LogP contribution in [-0.4, -0.2) is 36.9 Å². The summed E-state index contributed by atoms with van der Waals surface area (Å²) >= 11 is 2.08. The van der Waals surface area contributed by atoms with E-state index in [2.05, 4.69) is 20.4 Å². The number of rotatable bonds is 0. The molecule has 4 heteroatoms. The molecule has 0 unspecified atom stereocenters. The third kappa shape index (κ3) is 2030. The molecular weight excluding hydrogens is 135 g/mol.